The van der Waals surface area contributed by atoms with Gasteiger partial charge in [-0.05, 0) is 49.2 Å². The first-order valence-electron chi connectivity index (χ1n) is 10.9. The summed E-state index contributed by atoms with van der Waals surface area (Å²) < 4.78 is 11.5. The molecule has 0 atom stereocenters. The number of carbonyl (C=O) groups is 2. The molecule has 3 aromatic rings. The van der Waals surface area contributed by atoms with Gasteiger partial charge in [-0.2, -0.15) is 0 Å². The van der Waals surface area contributed by atoms with Gasteiger partial charge in [0.15, 0.2) is 5.75 Å². The number of amides is 2. The zero-order chi connectivity index (χ0) is 24.9. The van der Waals surface area contributed by atoms with Crippen LogP contribution in [0.2, 0.25) is 0 Å². The van der Waals surface area contributed by atoms with E-state index in [4.69, 9.17) is 9.47 Å². The van der Waals surface area contributed by atoms with Gasteiger partial charge in [-0.15, -0.1) is 0 Å². The molecule has 0 spiro atoms. The third-order valence-corrected chi connectivity index (χ3v) is 5.24. The molecular formula is C26H23N3O6. The fourth-order valence-corrected chi connectivity index (χ4v) is 3.68. The standard InChI is InChI=1S/C26H23N3O6/c1-3-34-23-15-19(13-21-25(30)27-28(26(21)31)20-10-5-4-6-11-20)14-22(29(32)33)24(23)35-16-18-9-7-8-17(2)12-18/h4-15H,3,16H2,1-2H3,(H,27,30). The van der Waals surface area contributed by atoms with Gasteiger partial charge in [-0.1, -0.05) is 48.0 Å². The van der Waals surface area contributed by atoms with Crippen molar-refractivity contribution in [2.24, 2.45) is 0 Å². The van der Waals surface area contributed by atoms with Gasteiger partial charge in [0.05, 0.1) is 17.2 Å². The molecule has 0 saturated carbocycles. The Kier molecular flexibility index (Phi) is 6.77. The van der Waals surface area contributed by atoms with E-state index in [2.05, 4.69) is 5.43 Å². The van der Waals surface area contributed by atoms with Crippen LogP contribution in [0.1, 0.15) is 23.6 Å². The summed E-state index contributed by atoms with van der Waals surface area (Å²) in [6.45, 7) is 4.03. The number of hydrogen-bond acceptors (Lipinski definition) is 6. The summed E-state index contributed by atoms with van der Waals surface area (Å²) in [6.07, 6.45) is 1.31. The number of carbonyl (C=O) groups excluding carboxylic acids is 2. The maximum atomic E-state index is 12.9. The molecule has 0 unspecified atom stereocenters. The SMILES string of the molecule is CCOc1cc(C=C2C(=O)NN(c3ccccc3)C2=O)cc([N+](=O)[O-])c1OCc1cccc(C)c1. The Bertz CT molecular complexity index is 1320. The topological polar surface area (TPSA) is 111 Å². The Balaban J connectivity index is 1.69. The first-order chi connectivity index (χ1) is 16.9. The van der Waals surface area contributed by atoms with Crippen LogP contribution in [0.4, 0.5) is 11.4 Å². The summed E-state index contributed by atoms with van der Waals surface area (Å²) in [7, 11) is 0. The van der Waals surface area contributed by atoms with Gasteiger partial charge in [0.25, 0.3) is 11.8 Å². The summed E-state index contributed by atoms with van der Waals surface area (Å²) in [5.41, 5.74) is 4.67. The number of benzene rings is 3. The van der Waals surface area contributed by atoms with Crippen molar-refractivity contribution in [2.45, 2.75) is 20.5 Å². The van der Waals surface area contributed by atoms with Crippen molar-refractivity contribution < 1.29 is 24.0 Å². The zero-order valence-electron chi connectivity index (χ0n) is 19.2. The van der Waals surface area contributed by atoms with E-state index in [-0.39, 0.29) is 41.5 Å². The third-order valence-electron chi connectivity index (χ3n) is 5.24. The fourth-order valence-electron chi connectivity index (χ4n) is 3.68. The van der Waals surface area contributed by atoms with Crippen LogP contribution >= 0.6 is 0 Å². The third kappa shape index (κ3) is 5.14. The predicted molar refractivity (Wildman–Crippen MR) is 130 cm³/mol. The van der Waals surface area contributed by atoms with Crippen LogP contribution in [0, 0.1) is 17.0 Å². The highest BCUT2D eigenvalue weighted by Crippen LogP contribution is 2.40. The number of anilines is 1. The Morgan fingerprint density at radius 2 is 1.80 bits per heavy atom. The van der Waals surface area contributed by atoms with Gasteiger partial charge in [0.2, 0.25) is 5.75 Å². The average Bonchev–Trinajstić information content (AvgIpc) is 3.12. The number of para-hydroxylation sites is 1. The first kappa shape index (κ1) is 23.5. The summed E-state index contributed by atoms with van der Waals surface area (Å²) in [5.74, 6) is -1.05. The molecule has 178 valence electrons. The number of nitro benzene ring substituents is 1. The molecule has 35 heavy (non-hydrogen) atoms. The van der Waals surface area contributed by atoms with Gasteiger partial charge in [0, 0.05) is 6.07 Å². The van der Waals surface area contributed by atoms with Crippen LogP contribution in [-0.4, -0.2) is 23.3 Å². The molecule has 3 aromatic carbocycles. The van der Waals surface area contributed by atoms with Gasteiger partial charge >= 0.3 is 5.69 Å². The van der Waals surface area contributed by atoms with Crippen molar-refractivity contribution >= 4 is 29.3 Å². The lowest BCUT2D eigenvalue weighted by Gasteiger charge is -2.14. The van der Waals surface area contributed by atoms with Crippen molar-refractivity contribution in [3.8, 4) is 11.5 Å². The van der Waals surface area contributed by atoms with Crippen LogP contribution < -0.4 is 19.9 Å². The second kappa shape index (κ2) is 10.1. The van der Waals surface area contributed by atoms with Crippen LogP contribution in [0.25, 0.3) is 6.08 Å². The largest absolute Gasteiger partial charge is 0.490 e. The highest BCUT2D eigenvalue weighted by molar-refractivity contribution is 6.31. The number of nitrogens with one attached hydrogen (secondary N) is 1. The molecule has 0 bridgehead atoms. The van der Waals surface area contributed by atoms with Crippen LogP contribution in [0.15, 0.2) is 72.3 Å². The van der Waals surface area contributed by atoms with Crippen molar-refractivity contribution in [1.82, 2.24) is 5.43 Å². The summed E-state index contributed by atoms with van der Waals surface area (Å²) in [4.78, 5) is 36.7. The maximum absolute atomic E-state index is 12.9. The highest BCUT2D eigenvalue weighted by Gasteiger charge is 2.34. The molecular weight excluding hydrogens is 450 g/mol. The number of hydrogen-bond donors (Lipinski definition) is 1. The lowest BCUT2D eigenvalue weighted by Crippen LogP contribution is -2.35. The number of rotatable bonds is 8. The number of aryl methyl sites for hydroxylation is 1. The lowest BCUT2D eigenvalue weighted by atomic mass is 10.1. The molecule has 4 rings (SSSR count). The zero-order valence-corrected chi connectivity index (χ0v) is 19.2. The first-order valence-corrected chi connectivity index (χ1v) is 10.9. The Hall–Kier alpha value is -4.66. The normalized spacial score (nSPS) is 14.2. The maximum Gasteiger partial charge on any atom is 0.315 e. The van der Waals surface area contributed by atoms with Crippen molar-refractivity contribution in [1.29, 1.82) is 0 Å². The molecule has 1 saturated heterocycles. The van der Waals surface area contributed by atoms with Gasteiger partial charge in [-0.3, -0.25) is 25.1 Å². The van der Waals surface area contributed by atoms with E-state index in [1.165, 1.54) is 18.2 Å². The van der Waals surface area contributed by atoms with E-state index in [0.29, 0.717) is 5.69 Å². The lowest BCUT2D eigenvalue weighted by molar-refractivity contribution is -0.386. The predicted octanol–water partition coefficient (Wildman–Crippen LogP) is 4.34. The number of nitrogens with zero attached hydrogens (tertiary/aromatic N) is 2. The van der Waals surface area contributed by atoms with E-state index in [9.17, 15) is 19.7 Å². The summed E-state index contributed by atoms with van der Waals surface area (Å²) in [6, 6.07) is 19.0. The van der Waals surface area contributed by atoms with Crippen molar-refractivity contribution in [3.63, 3.8) is 0 Å². The Labute approximate surface area is 201 Å². The molecule has 0 radical (unpaired) electrons. The second-order valence-corrected chi connectivity index (χ2v) is 7.81. The van der Waals surface area contributed by atoms with E-state index in [1.54, 1.807) is 37.3 Å². The highest BCUT2D eigenvalue weighted by atomic mass is 16.6. The van der Waals surface area contributed by atoms with Crippen LogP contribution in [0.5, 0.6) is 11.5 Å². The molecule has 1 heterocycles. The van der Waals surface area contributed by atoms with Crippen LogP contribution in [-0.2, 0) is 16.2 Å². The van der Waals surface area contributed by atoms with E-state index in [1.807, 2.05) is 31.2 Å². The van der Waals surface area contributed by atoms with E-state index >= 15 is 0 Å². The Morgan fingerprint density at radius 1 is 1.03 bits per heavy atom. The molecule has 1 N–H and O–H groups in total. The second-order valence-electron chi connectivity index (χ2n) is 7.81. The molecule has 2 amide bonds. The number of nitro groups is 1. The minimum Gasteiger partial charge on any atom is -0.490 e. The van der Waals surface area contributed by atoms with Gasteiger partial charge in [-0.25, -0.2) is 5.01 Å². The van der Waals surface area contributed by atoms with Gasteiger partial charge in [0.1, 0.15) is 12.2 Å². The van der Waals surface area contributed by atoms with E-state index in [0.717, 1.165) is 16.1 Å². The molecule has 1 aliphatic heterocycles. The smallest absolute Gasteiger partial charge is 0.315 e. The Morgan fingerprint density at radius 3 is 2.49 bits per heavy atom. The van der Waals surface area contributed by atoms with Gasteiger partial charge < -0.3 is 9.47 Å². The number of hydrazine groups is 1. The monoisotopic (exact) mass is 473 g/mol. The molecule has 9 nitrogen and oxygen atoms in total. The van der Waals surface area contributed by atoms with Crippen LogP contribution in [0.3, 0.4) is 0 Å². The summed E-state index contributed by atoms with van der Waals surface area (Å²) in [5, 5.41) is 13.0. The minimum absolute atomic E-state index is 0.0198. The van der Waals surface area contributed by atoms with Crippen molar-refractivity contribution in [3.05, 3.63) is 99.1 Å². The quantitative estimate of drug-likeness (QED) is 0.225. The molecule has 1 aliphatic rings. The fraction of sp³-hybridized carbons (Fsp3) is 0.154. The molecule has 1 fully saturated rings. The minimum atomic E-state index is -0.612. The summed E-state index contributed by atoms with van der Waals surface area (Å²) >= 11 is 0. The van der Waals surface area contributed by atoms with Crippen molar-refractivity contribution in [2.75, 3.05) is 11.6 Å². The molecule has 0 aliphatic carbocycles. The molecule has 0 aromatic heterocycles. The van der Waals surface area contributed by atoms with E-state index < -0.39 is 16.7 Å². The molecule has 9 heteroatoms. The average molecular weight is 473 g/mol. The number of ether oxygens (including phenoxy) is 2.